The summed E-state index contributed by atoms with van der Waals surface area (Å²) in [6.45, 7) is 9.58. The number of hydrogen-bond donors (Lipinski definition) is 0. The van der Waals surface area contributed by atoms with E-state index in [1.165, 1.54) is 25.9 Å². The van der Waals surface area contributed by atoms with Crippen molar-refractivity contribution < 1.29 is 0 Å². The van der Waals surface area contributed by atoms with Crippen LogP contribution < -0.4 is 0 Å². The molecule has 2 nitrogen and oxygen atoms in total. The maximum absolute atomic E-state index is 2.66. The minimum Gasteiger partial charge on any atom is -0.305 e. The molecule has 0 N–H and O–H groups in total. The highest BCUT2D eigenvalue weighted by Crippen LogP contribution is 2.55. The molecule has 2 fully saturated rings. The molecule has 1 aliphatic heterocycles. The Morgan fingerprint density at radius 3 is 2.07 bits per heavy atom. The molecule has 2 heteroatoms. The van der Waals surface area contributed by atoms with E-state index in [1.54, 1.807) is 0 Å². The van der Waals surface area contributed by atoms with Crippen molar-refractivity contribution in [3.8, 4) is 0 Å². The number of likely N-dealkylation sites (tertiary alicyclic amines) is 1. The minimum atomic E-state index is 0.348. The second-order valence-electron chi connectivity index (χ2n) is 6.39. The van der Waals surface area contributed by atoms with Crippen molar-refractivity contribution in [1.29, 1.82) is 0 Å². The van der Waals surface area contributed by atoms with Crippen molar-refractivity contribution >= 4 is 0 Å². The molecule has 0 aromatic heterocycles. The summed E-state index contributed by atoms with van der Waals surface area (Å²) in [7, 11) is 4.47. The van der Waals surface area contributed by atoms with Crippen LogP contribution in [0.2, 0.25) is 0 Å². The summed E-state index contributed by atoms with van der Waals surface area (Å²) in [5.41, 5.74) is 1.01. The van der Waals surface area contributed by atoms with Crippen LogP contribution in [0, 0.1) is 5.41 Å². The summed E-state index contributed by atoms with van der Waals surface area (Å²) in [5, 5.41) is 0. The lowest BCUT2D eigenvalue weighted by molar-refractivity contribution is 0.159. The van der Waals surface area contributed by atoms with Crippen molar-refractivity contribution in [2.75, 3.05) is 27.2 Å². The van der Waals surface area contributed by atoms with Gasteiger partial charge in [-0.25, -0.2) is 0 Å². The molecule has 0 amide bonds. The third-order valence-corrected chi connectivity index (χ3v) is 4.07. The first-order chi connectivity index (χ1) is 6.35. The average molecular weight is 196 g/mol. The maximum atomic E-state index is 2.66. The third kappa shape index (κ3) is 1.59. The van der Waals surface area contributed by atoms with Gasteiger partial charge in [-0.05, 0) is 53.1 Å². The summed E-state index contributed by atoms with van der Waals surface area (Å²) in [4.78, 5) is 5.09. The van der Waals surface area contributed by atoms with Gasteiger partial charge in [0.05, 0.1) is 0 Å². The molecule has 2 rings (SSSR count). The van der Waals surface area contributed by atoms with Gasteiger partial charge >= 0.3 is 0 Å². The number of hydrogen-bond acceptors (Lipinski definition) is 2. The van der Waals surface area contributed by atoms with Gasteiger partial charge in [0.25, 0.3) is 0 Å². The van der Waals surface area contributed by atoms with Crippen LogP contribution in [-0.2, 0) is 0 Å². The first-order valence-corrected chi connectivity index (χ1v) is 5.77. The lowest BCUT2D eigenvalue weighted by Crippen LogP contribution is -2.41. The zero-order valence-electron chi connectivity index (χ0n) is 10.3. The predicted molar refractivity (Wildman–Crippen MR) is 60.5 cm³/mol. The molecule has 0 aromatic carbocycles. The fourth-order valence-electron chi connectivity index (χ4n) is 2.83. The first kappa shape index (κ1) is 10.4. The SMILES string of the molecule is CN(C)[C@H]1CN(C(C)(C)C)CC12CC2. The summed E-state index contributed by atoms with van der Waals surface area (Å²) >= 11 is 0. The summed E-state index contributed by atoms with van der Waals surface area (Å²) < 4.78 is 0. The Morgan fingerprint density at radius 1 is 1.21 bits per heavy atom. The van der Waals surface area contributed by atoms with Gasteiger partial charge in [0.15, 0.2) is 0 Å². The number of rotatable bonds is 1. The lowest BCUT2D eigenvalue weighted by Gasteiger charge is -2.32. The normalized spacial score (nSPS) is 31.7. The molecule has 1 spiro atoms. The molecule has 1 atom stereocenters. The highest BCUT2D eigenvalue weighted by atomic mass is 15.3. The van der Waals surface area contributed by atoms with E-state index in [1.807, 2.05) is 0 Å². The van der Waals surface area contributed by atoms with Gasteiger partial charge in [0.1, 0.15) is 0 Å². The van der Waals surface area contributed by atoms with Crippen LogP contribution in [0.25, 0.3) is 0 Å². The molecular formula is C12H24N2. The standard InChI is InChI=1S/C12H24N2/c1-11(2,3)14-8-10(13(4)5)12(9-14)6-7-12/h10H,6-9H2,1-5H3/t10-/m0/s1. The van der Waals surface area contributed by atoms with Crippen molar-refractivity contribution in [3.05, 3.63) is 0 Å². The Kier molecular flexibility index (Phi) is 2.20. The van der Waals surface area contributed by atoms with E-state index in [9.17, 15) is 0 Å². The van der Waals surface area contributed by atoms with Gasteiger partial charge in [0.2, 0.25) is 0 Å². The smallest absolute Gasteiger partial charge is 0.0285 e. The van der Waals surface area contributed by atoms with Gasteiger partial charge in [0, 0.05) is 24.7 Å². The molecule has 1 saturated carbocycles. The minimum absolute atomic E-state index is 0.348. The molecule has 0 radical (unpaired) electrons. The monoisotopic (exact) mass is 196 g/mol. The highest BCUT2D eigenvalue weighted by Gasteiger charge is 2.56. The van der Waals surface area contributed by atoms with E-state index in [4.69, 9.17) is 0 Å². The van der Waals surface area contributed by atoms with Crippen LogP contribution in [0.15, 0.2) is 0 Å². The summed E-state index contributed by atoms with van der Waals surface area (Å²) in [6.07, 6.45) is 2.89. The van der Waals surface area contributed by atoms with Crippen LogP contribution in [0.1, 0.15) is 33.6 Å². The molecular weight excluding hydrogens is 172 g/mol. The van der Waals surface area contributed by atoms with Crippen LogP contribution in [0.5, 0.6) is 0 Å². The Bertz CT molecular complexity index is 223. The van der Waals surface area contributed by atoms with Crippen molar-refractivity contribution in [2.24, 2.45) is 5.41 Å². The second-order valence-corrected chi connectivity index (χ2v) is 6.39. The zero-order valence-corrected chi connectivity index (χ0v) is 10.3. The van der Waals surface area contributed by atoms with Gasteiger partial charge in [-0.3, -0.25) is 4.90 Å². The fourth-order valence-corrected chi connectivity index (χ4v) is 2.83. The van der Waals surface area contributed by atoms with Crippen LogP contribution in [-0.4, -0.2) is 48.6 Å². The lowest BCUT2D eigenvalue weighted by atomic mass is 10.00. The Hall–Kier alpha value is -0.0800. The van der Waals surface area contributed by atoms with E-state index in [2.05, 4.69) is 44.7 Å². The molecule has 0 unspecified atom stereocenters. The van der Waals surface area contributed by atoms with Gasteiger partial charge < -0.3 is 4.90 Å². The molecule has 0 aromatic rings. The Morgan fingerprint density at radius 2 is 1.79 bits per heavy atom. The number of nitrogens with zero attached hydrogens (tertiary/aromatic N) is 2. The molecule has 2 aliphatic rings. The maximum Gasteiger partial charge on any atom is 0.0285 e. The average Bonchev–Trinajstić information content (AvgIpc) is 2.59. The van der Waals surface area contributed by atoms with Gasteiger partial charge in [-0.2, -0.15) is 0 Å². The highest BCUT2D eigenvalue weighted by molar-refractivity contribution is 5.11. The van der Waals surface area contributed by atoms with E-state index in [0.29, 0.717) is 11.0 Å². The molecule has 1 heterocycles. The first-order valence-electron chi connectivity index (χ1n) is 5.77. The molecule has 1 saturated heterocycles. The van der Waals surface area contributed by atoms with Gasteiger partial charge in [-0.15, -0.1) is 0 Å². The summed E-state index contributed by atoms with van der Waals surface area (Å²) in [5.74, 6) is 0. The van der Waals surface area contributed by atoms with Crippen molar-refractivity contribution in [3.63, 3.8) is 0 Å². The van der Waals surface area contributed by atoms with E-state index >= 15 is 0 Å². The largest absolute Gasteiger partial charge is 0.305 e. The van der Waals surface area contributed by atoms with Crippen LogP contribution >= 0.6 is 0 Å². The van der Waals surface area contributed by atoms with Crippen LogP contribution in [0.3, 0.4) is 0 Å². The topological polar surface area (TPSA) is 6.48 Å². The van der Waals surface area contributed by atoms with Crippen molar-refractivity contribution in [2.45, 2.75) is 45.2 Å². The van der Waals surface area contributed by atoms with E-state index in [0.717, 1.165) is 6.04 Å². The Labute approximate surface area is 88.3 Å². The fraction of sp³-hybridized carbons (Fsp3) is 1.00. The third-order valence-electron chi connectivity index (χ3n) is 4.07. The zero-order chi connectivity index (χ0) is 10.6. The van der Waals surface area contributed by atoms with E-state index < -0.39 is 0 Å². The van der Waals surface area contributed by atoms with Crippen molar-refractivity contribution in [1.82, 2.24) is 9.80 Å². The molecule has 14 heavy (non-hydrogen) atoms. The predicted octanol–water partition coefficient (Wildman–Crippen LogP) is 1.81. The van der Waals surface area contributed by atoms with Gasteiger partial charge in [-0.1, -0.05) is 0 Å². The molecule has 0 bridgehead atoms. The molecule has 1 aliphatic carbocycles. The number of likely N-dealkylation sites (N-methyl/N-ethyl adjacent to an activating group) is 1. The second kappa shape index (κ2) is 2.96. The Balaban J connectivity index is 2.10. The van der Waals surface area contributed by atoms with E-state index in [-0.39, 0.29) is 0 Å². The summed E-state index contributed by atoms with van der Waals surface area (Å²) in [6, 6.07) is 0.793. The molecule has 82 valence electrons. The van der Waals surface area contributed by atoms with Crippen LogP contribution in [0.4, 0.5) is 0 Å². The quantitative estimate of drug-likeness (QED) is 0.631.